The molecule has 1 aliphatic rings. The number of rotatable bonds is 10. The molecular weight excluding hydrogens is 516 g/mol. The summed E-state index contributed by atoms with van der Waals surface area (Å²) in [4.78, 5) is 25.5. The van der Waals surface area contributed by atoms with E-state index >= 15 is 0 Å². The van der Waals surface area contributed by atoms with E-state index < -0.39 is 0 Å². The fraction of sp³-hybridized carbons (Fsp3) is 0.281. The number of carbonyl (C=O) groups is 2. The number of para-hydroxylation sites is 1. The zero-order valence-electron chi connectivity index (χ0n) is 22.9. The van der Waals surface area contributed by atoms with Crippen LogP contribution in [0.15, 0.2) is 78.9 Å². The van der Waals surface area contributed by atoms with E-state index in [9.17, 15) is 9.59 Å². The number of nitrogens with zero attached hydrogens (tertiary/aromatic N) is 1. The van der Waals surface area contributed by atoms with E-state index in [4.69, 9.17) is 21.6 Å². The minimum atomic E-state index is -0.148. The molecule has 0 atom stereocenters. The van der Waals surface area contributed by atoms with Gasteiger partial charge in [0, 0.05) is 48.1 Å². The first-order valence-electron chi connectivity index (χ1n) is 14.0. The second-order valence-electron chi connectivity index (χ2n) is 10.5. The van der Waals surface area contributed by atoms with Gasteiger partial charge in [0.05, 0.1) is 0 Å². The second-order valence-corrected chi connectivity index (χ2v) is 10.5. The maximum atomic E-state index is 13.6. The Kier molecular flexibility index (Phi) is 8.64. The van der Waals surface area contributed by atoms with Gasteiger partial charge in [-0.15, -0.1) is 0 Å². The molecule has 9 heteroatoms. The summed E-state index contributed by atoms with van der Waals surface area (Å²) in [6.45, 7) is 0.796. The van der Waals surface area contributed by atoms with Crippen molar-refractivity contribution in [2.45, 2.75) is 50.7 Å². The lowest BCUT2D eigenvalue weighted by Gasteiger charge is -2.29. The Morgan fingerprint density at radius 2 is 1.54 bits per heavy atom. The molecule has 1 aliphatic carbocycles. The SMILES string of the molecule is N=C(N)c1ccc2cc(C(=O)N[C@H]3CC[C@H](NC(=O)CCN)CC3)n(Cc3ccc(Oc4ccccc4)cc3)c2c1. The van der Waals surface area contributed by atoms with E-state index in [0.717, 1.165) is 53.6 Å². The molecule has 41 heavy (non-hydrogen) atoms. The first-order chi connectivity index (χ1) is 19.9. The number of aromatic nitrogens is 1. The van der Waals surface area contributed by atoms with Crippen LogP contribution in [0.4, 0.5) is 0 Å². The molecule has 0 saturated heterocycles. The first kappa shape index (κ1) is 27.9. The summed E-state index contributed by atoms with van der Waals surface area (Å²) in [5, 5.41) is 15.1. The number of nitrogen functional groups attached to an aromatic ring is 1. The van der Waals surface area contributed by atoms with Crippen molar-refractivity contribution in [1.82, 2.24) is 15.2 Å². The Morgan fingerprint density at radius 1 is 0.878 bits per heavy atom. The summed E-state index contributed by atoms with van der Waals surface area (Å²) in [5.74, 6) is 1.30. The van der Waals surface area contributed by atoms with Gasteiger partial charge in [0.25, 0.3) is 5.91 Å². The quantitative estimate of drug-likeness (QED) is 0.147. The molecule has 1 aromatic heterocycles. The highest BCUT2D eigenvalue weighted by Crippen LogP contribution is 2.26. The van der Waals surface area contributed by atoms with Gasteiger partial charge in [0.2, 0.25) is 5.91 Å². The number of benzene rings is 3. The number of carbonyl (C=O) groups excluding carboxylic acids is 2. The molecule has 0 spiro atoms. The zero-order chi connectivity index (χ0) is 28.8. The Balaban J connectivity index is 1.33. The van der Waals surface area contributed by atoms with E-state index in [1.807, 2.05) is 77.4 Å². The van der Waals surface area contributed by atoms with Crippen LogP contribution in [0.5, 0.6) is 11.5 Å². The lowest BCUT2D eigenvalue weighted by molar-refractivity contribution is -0.121. The lowest BCUT2D eigenvalue weighted by atomic mass is 9.91. The Hall–Kier alpha value is -4.63. The summed E-state index contributed by atoms with van der Waals surface area (Å²) in [5.41, 5.74) is 14.2. The average Bonchev–Trinajstić information content (AvgIpc) is 3.33. The number of ether oxygens (including phenoxy) is 1. The van der Waals surface area contributed by atoms with Crippen molar-refractivity contribution in [2.75, 3.05) is 6.54 Å². The van der Waals surface area contributed by atoms with Crippen molar-refractivity contribution in [2.24, 2.45) is 11.5 Å². The molecular formula is C32H36N6O3. The van der Waals surface area contributed by atoms with Crippen LogP contribution in [0.1, 0.15) is 53.7 Å². The standard InChI is InChI=1S/C32H36N6O3/c33-17-16-30(39)36-24-10-12-25(13-11-24)37-32(40)29-18-22-8-9-23(31(34)35)19-28(22)38(29)20-21-6-14-27(15-7-21)41-26-4-2-1-3-5-26/h1-9,14-15,18-19,24-25H,10-13,16-17,20,33H2,(H3,34,35)(H,36,39)(H,37,40)/t24-,25-. The molecule has 5 rings (SSSR count). The van der Waals surface area contributed by atoms with Crippen LogP contribution in [0.2, 0.25) is 0 Å². The van der Waals surface area contributed by atoms with E-state index in [1.165, 1.54) is 0 Å². The first-order valence-corrected chi connectivity index (χ1v) is 14.0. The summed E-state index contributed by atoms with van der Waals surface area (Å²) >= 11 is 0. The maximum Gasteiger partial charge on any atom is 0.268 e. The lowest BCUT2D eigenvalue weighted by Crippen LogP contribution is -2.44. The van der Waals surface area contributed by atoms with E-state index in [1.54, 1.807) is 6.07 Å². The monoisotopic (exact) mass is 552 g/mol. The minimum absolute atomic E-state index is 0.0194. The molecule has 0 unspecified atom stereocenters. The molecule has 0 radical (unpaired) electrons. The second kappa shape index (κ2) is 12.7. The average molecular weight is 553 g/mol. The summed E-state index contributed by atoms with van der Waals surface area (Å²) in [6, 6.07) is 25.0. The molecule has 9 nitrogen and oxygen atoms in total. The highest BCUT2D eigenvalue weighted by Gasteiger charge is 2.25. The fourth-order valence-electron chi connectivity index (χ4n) is 5.32. The van der Waals surface area contributed by atoms with Crippen molar-refractivity contribution < 1.29 is 14.3 Å². The Bertz CT molecular complexity index is 1520. The third-order valence-corrected chi connectivity index (χ3v) is 7.49. The van der Waals surface area contributed by atoms with Crippen molar-refractivity contribution in [1.29, 1.82) is 5.41 Å². The number of hydrogen-bond acceptors (Lipinski definition) is 5. The normalized spacial score (nSPS) is 16.7. The molecule has 1 heterocycles. The minimum Gasteiger partial charge on any atom is -0.457 e. The summed E-state index contributed by atoms with van der Waals surface area (Å²) in [6.07, 6.45) is 3.52. The van der Waals surface area contributed by atoms with Crippen LogP contribution in [-0.2, 0) is 11.3 Å². The van der Waals surface area contributed by atoms with Crippen molar-refractivity contribution >= 4 is 28.6 Å². The molecule has 0 bridgehead atoms. The zero-order valence-corrected chi connectivity index (χ0v) is 22.9. The molecule has 1 saturated carbocycles. The highest BCUT2D eigenvalue weighted by atomic mass is 16.5. The van der Waals surface area contributed by atoms with E-state index in [2.05, 4.69) is 10.6 Å². The fourth-order valence-corrected chi connectivity index (χ4v) is 5.32. The Labute approximate surface area is 239 Å². The van der Waals surface area contributed by atoms with Gasteiger partial charge in [0.15, 0.2) is 0 Å². The number of nitrogens with one attached hydrogen (secondary N) is 3. The topological polar surface area (TPSA) is 148 Å². The van der Waals surface area contributed by atoms with Gasteiger partial charge >= 0.3 is 0 Å². The predicted octanol–water partition coefficient (Wildman–Crippen LogP) is 4.27. The molecule has 3 aromatic carbocycles. The van der Waals surface area contributed by atoms with E-state index in [-0.39, 0.29) is 29.7 Å². The third-order valence-electron chi connectivity index (χ3n) is 7.49. The molecule has 4 aromatic rings. The molecule has 212 valence electrons. The van der Waals surface area contributed by atoms with Crippen LogP contribution in [0.3, 0.4) is 0 Å². The van der Waals surface area contributed by atoms with Crippen LogP contribution in [0.25, 0.3) is 10.9 Å². The molecule has 7 N–H and O–H groups in total. The molecule has 1 fully saturated rings. The van der Waals surface area contributed by atoms with Gasteiger partial charge in [-0.25, -0.2) is 0 Å². The predicted molar refractivity (Wildman–Crippen MR) is 160 cm³/mol. The van der Waals surface area contributed by atoms with E-state index in [0.29, 0.717) is 30.8 Å². The van der Waals surface area contributed by atoms with Gasteiger partial charge in [-0.2, -0.15) is 0 Å². The van der Waals surface area contributed by atoms with Crippen molar-refractivity contribution in [3.8, 4) is 11.5 Å². The summed E-state index contributed by atoms with van der Waals surface area (Å²) < 4.78 is 7.91. The van der Waals surface area contributed by atoms with Crippen LogP contribution in [0, 0.1) is 5.41 Å². The number of fused-ring (bicyclic) bond motifs is 1. The Morgan fingerprint density at radius 3 is 2.20 bits per heavy atom. The van der Waals surface area contributed by atoms with Crippen LogP contribution >= 0.6 is 0 Å². The van der Waals surface area contributed by atoms with Gasteiger partial charge < -0.3 is 31.4 Å². The van der Waals surface area contributed by atoms with Crippen molar-refractivity contribution in [3.05, 3.63) is 95.7 Å². The summed E-state index contributed by atoms with van der Waals surface area (Å²) in [7, 11) is 0. The number of hydrogen-bond donors (Lipinski definition) is 5. The van der Waals surface area contributed by atoms with Gasteiger partial charge in [-0.1, -0.05) is 42.5 Å². The number of amides is 2. The molecule has 0 aliphatic heterocycles. The maximum absolute atomic E-state index is 13.6. The number of amidine groups is 1. The van der Waals surface area contributed by atoms with Gasteiger partial charge in [-0.05, 0) is 67.6 Å². The highest BCUT2D eigenvalue weighted by molar-refractivity contribution is 6.02. The van der Waals surface area contributed by atoms with Crippen LogP contribution < -0.4 is 26.8 Å². The van der Waals surface area contributed by atoms with Gasteiger partial charge in [0.1, 0.15) is 23.0 Å². The van der Waals surface area contributed by atoms with Gasteiger partial charge in [-0.3, -0.25) is 15.0 Å². The largest absolute Gasteiger partial charge is 0.457 e. The van der Waals surface area contributed by atoms with Crippen LogP contribution in [-0.4, -0.2) is 40.8 Å². The third kappa shape index (κ3) is 6.93. The molecule has 2 amide bonds. The number of nitrogens with two attached hydrogens (primary N) is 2. The van der Waals surface area contributed by atoms with Crippen molar-refractivity contribution in [3.63, 3.8) is 0 Å². The smallest absolute Gasteiger partial charge is 0.268 e.